The number of aliphatic hydroxyl groups excluding tert-OH is 1. The fourth-order valence-corrected chi connectivity index (χ4v) is 2.64. The molecular weight excluding hydrogens is 254 g/mol. The minimum atomic E-state index is -0.216. The Morgan fingerprint density at radius 1 is 1.55 bits per heavy atom. The molecule has 2 rings (SSSR count). The van der Waals surface area contributed by atoms with Crippen LogP contribution in [0.1, 0.15) is 51.1 Å². The number of carbonyl (C=O) groups is 1. The predicted octanol–water partition coefficient (Wildman–Crippen LogP) is 1.78. The summed E-state index contributed by atoms with van der Waals surface area (Å²) in [5.41, 5.74) is 1.03. The van der Waals surface area contributed by atoms with Crippen LogP contribution in [0.3, 0.4) is 0 Å². The zero-order valence-corrected chi connectivity index (χ0v) is 12.5. The number of amides is 1. The van der Waals surface area contributed by atoms with Crippen LogP contribution in [0.15, 0.2) is 12.4 Å². The Morgan fingerprint density at radius 3 is 2.75 bits per heavy atom. The highest BCUT2D eigenvalue weighted by Crippen LogP contribution is 2.38. The van der Waals surface area contributed by atoms with E-state index in [2.05, 4.69) is 24.3 Å². The molecule has 0 unspecified atom stereocenters. The van der Waals surface area contributed by atoms with Gasteiger partial charge in [-0.05, 0) is 31.1 Å². The lowest BCUT2D eigenvalue weighted by molar-refractivity contribution is -0.123. The first kappa shape index (κ1) is 15.0. The largest absolute Gasteiger partial charge is 0.393 e. The summed E-state index contributed by atoms with van der Waals surface area (Å²) in [6, 6.07) is -0.0215. The SMILES string of the molecule is CC(C)CCC(=O)N[C@H](c1cnn(C)c1)C1CC(O)C1. The van der Waals surface area contributed by atoms with Crippen LogP contribution in [0.5, 0.6) is 0 Å². The van der Waals surface area contributed by atoms with E-state index in [9.17, 15) is 9.90 Å². The molecule has 20 heavy (non-hydrogen) atoms. The topological polar surface area (TPSA) is 67.2 Å². The van der Waals surface area contributed by atoms with E-state index in [1.54, 1.807) is 10.9 Å². The molecular formula is C15H25N3O2. The number of rotatable bonds is 6. The predicted molar refractivity (Wildman–Crippen MR) is 76.9 cm³/mol. The second-order valence-corrected chi connectivity index (χ2v) is 6.31. The van der Waals surface area contributed by atoms with Crippen molar-refractivity contribution in [2.75, 3.05) is 0 Å². The number of aromatic nitrogens is 2. The molecule has 2 N–H and O–H groups in total. The molecule has 1 aromatic rings. The van der Waals surface area contributed by atoms with Crippen molar-refractivity contribution in [3.05, 3.63) is 18.0 Å². The lowest BCUT2D eigenvalue weighted by Gasteiger charge is -2.37. The standard InChI is InChI=1S/C15H25N3O2/c1-10(2)4-5-14(20)17-15(11-6-13(19)7-11)12-8-16-18(3)9-12/h8-11,13,15,19H,4-7H2,1-3H3,(H,17,20)/t11?,13?,15-/m0/s1. The van der Waals surface area contributed by atoms with Crippen LogP contribution in [-0.4, -0.2) is 26.9 Å². The third kappa shape index (κ3) is 3.82. The van der Waals surface area contributed by atoms with Gasteiger partial charge in [0, 0.05) is 25.2 Å². The molecule has 0 aromatic carbocycles. The van der Waals surface area contributed by atoms with E-state index in [1.807, 2.05) is 13.2 Å². The van der Waals surface area contributed by atoms with Gasteiger partial charge < -0.3 is 10.4 Å². The maximum Gasteiger partial charge on any atom is 0.220 e. The Bertz CT molecular complexity index is 450. The van der Waals surface area contributed by atoms with Gasteiger partial charge in [0.25, 0.3) is 0 Å². The Hall–Kier alpha value is -1.36. The third-order valence-corrected chi connectivity index (χ3v) is 3.97. The van der Waals surface area contributed by atoms with E-state index in [0.717, 1.165) is 24.8 Å². The van der Waals surface area contributed by atoms with E-state index in [-0.39, 0.29) is 18.1 Å². The van der Waals surface area contributed by atoms with Crippen LogP contribution >= 0.6 is 0 Å². The summed E-state index contributed by atoms with van der Waals surface area (Å²) in [7, 11) is 1.87. The first-order chi connectivity index (χ1) is 9.45. The maximum atomic E-state index is 12.1. The first-order valence-corrected chi connectivity index (χ1v) is 7.41. The highest BCUT2D eigenvalue weighted by Gasteiger charge is 2.36. The summed E-state index contributed by atoms with van der Waals surface area (Å²) in [4.78, 5) is 12.1. The molecule has 0 aliphatic heterocycles. The van der Waals surface area contributed by atoms with Crippen LogP contribution < -0.4 is 5.32 Å². The van der Waals surface area contributed by atoms with Crippen molar-refractivity contribution < 1.29 is 9.90 Å². The van der Waals surface area contributed by atoms with Gasteiger partial charge in [-0.1, -0.05) is 13.8 Å². The average Bonchev–Trinajstić information content (AvgIpc) is 2.76. The summed E-state index contributed by atoms with van der Waals surface area (Å²) in [6.07, 6.45) is 6.50. The van der Waals surface area contributed by atoms with Crippen molar-refractivity contribution in [2.45, 2.75) is 51.7 Å². The number of nitrogens with one attached hydrogen (secondary N) is 1. The number of aliphatic hydroxyl groups is 1. The van der Waals surface area contributed by atoms with Crippen LogP contribution in [0.4, 0.5) is 0 Å². The lowest BCUT2D eigenvalue weighted by Crippen LogP contribution is -2.41. The summed E-state index contributed by atoms with van der Waals surface area (Å²) in [5.74, 6) is 0.939. The molecule has 1 aliphatic carbocycles. The maximum absolute atomic E-state index is 12.1. The van der Waals surface area contributed by atoms with Gasteiger partial charge in [0.05, 0.1) is 18.3 Å². The van der Waals surface area contributed by atoms with Crippen molar-refractivity contribution in [3.63, 3.8) is 0 Å². The zero-order chi connectivity index (χ0) is 14.7. The first-order valence-electron chi connectivity index (χ1n) is 7.41. The summed E-state index contributed by atoms with van der Waals surface area (Å²) in [6.45, 7) is 4.24. The average molecular weight is 279 g/mol. The second-order valence-electron chi connectivity index (χ2n) is 6.31. The quantitative estimate of drug-likeness (QED) is 0.834. The summed E-state index contributed by atoms with van der Waals surface area (Å²) < 4.78 is 1.75. The van der Waals surface area contributed by atoms with Crippen molar-refractivity contribution in [1.82, 2.24) is 15.1 Å². The molecule has 1 saturated carbocycles. The Labute approximate surface area is 120 Å². The molecule has 0 spiro atoms. The van der Waals surface area contributed by atoms with Gasteiger partial charge in [-0.15, -0.1) is 0 Å². The highest BCUT2D eigenvalue weighted by molar-refractivity contribution is 5.76. The van der Waals surface area contributed by atoms with Crippen molar-refractivity contribution in [3.8, 4) is 0 Å². The molecule has 112 valence electrons. The van der Waals surface area contributed by atoms with Gasteiger partial charge in [0.2, 0.25) is 5.91 Å². The molecule has 0 radical (unpaired) electrons. The number of carbonyl (C=O) groups excluding carboxylic acids is 1. The number of nitrogens with zero attached hydrogens (tertiary/aromatic N) is 2. The van der Waals surface area contributed by atoms with Crippen molar-refractivity contribution in [1.29, 1.82) is 0 Å². The fourth-order valence-electron chi connectivity index (χ4n) is 2.64. The van der Waals surface area contributed by atoms with Crippen molar-refractivity contribution >= 4 is 5.91 Å². The molecule has 1 heterocycles. The minimum Gasteiger partial charge on any atom is -0.393 e. The molecule has 0 saturated heterocycles. The monoisotopic (exact) mass is 279 g/mol. The van der Waals surface area contributed by atoms with E-state index in [4.69, 9.17) is 0 Å². The van der Waals surface area contributed by atoms with Crippen LogP contribution in [-0.2, 0) is 11.8 Å². The smallest absolute Gasteiger partial charge is 0.220 e. The zero-order valence-electron chi connectivity index (χ0n) is 12.5. The number of aryl methyl sites for hydroxylation is 1. The summed E-state index contributed by atoms with van der Waals surface area (Å²) >= 11 is 0. The normalized spacial score (nSPS) is 23.4. The van der Waals surface area contributed by atoms with E-state index < -0.39 is 0 Å². The highest BCUT2D eigenvalue weighted by atomic mass is 16.3. The molecule has 5 heteroatoms. The molecule has 1 atom stereocenters. The third-order valence-electron chi connectivity index (χ3n) is 3.97. The number of hydrogen-bond donors (Lipinski definition) is 2. The Morgan fingerprint density at radius 2 is 2.25 bits per heavy atom. The summed E-state index contributed by atoms with van der Waals surface area (Å²) in [5, 5.41) is 16.8. The van der Waals surface area contributed by atoms with Crippen LogP contribution in [0.2, 0.25) is 0 Å². The van der Waals surface area contributed by atoms with Gasteiger partial charge in [0.1, 0.15) is 0 Å². The number of hydrogen-bond acceptors (Lipinski definition) is 3. The van der Waals surface area contributed by atoms with E-state index in [0.29, 0.717) is 18.3 Å². The molecule has 1 aliphatic rings. The van der Waals surface area contributed by atoms with Gasteiger partial charge >= 0.3 is 0 Å². The minimum absolute atomic E-state index is 0.0215. The lowest BCUT2D eigenvalue weighted by atomic mass is 9.75. The van der Waals surface area contributed by atoms with E-state index >= 15 is 0 Å². The van der Waals surface area contributed by atoms with Gasteiger partial charge in [-0.2, -0.15) is 5.10 Å². The van der Waals surface area contributed by atoms with Gasteiger partial charge in [-0.3, -0.25) is 9.48 Å². The molecule has 1 fully saturated rings. The fraction of sp³-hybridized carbons (Fsp3) is 0.733. The van der Waals surface area contributed by atoms with Crippen LogP contribution in [0.25, 0.3) is 0 Å². The molecule has 0 bridgehead atoms. The molecule has 5 nitrogen and oxygen atoms in total. The Kier molecular flexibility index (Phi) is 4.81. The van der Waals surface area contributed by atoms with Gasteiger partial charge in [-0.25, -0.2) is 0 Å². The van der Waals surface area contributed by atoms with Crippen LogP contribution in [0, 0.1) is 11.8 Å². The Balaban J connectivity index is 1.98. The van der Waals surface area contributed by atoms with Gasteiger partial charge in [0.15, 0.2) is 0 Å². The second kappa shape index (κ2) is 6.39. The molecule has 1 amide bonds. The molecule has 1 aromatic heterocycles. The van der Waals surface area contributed by atoms with E-state index in [1.165, 1.54) is 0 Å². The van der Waals surface area contributed by atoms with Crippen molar-refractivity contribution in [2.24, 2.45) is 18.9 Å².